The fraction of sp³-hybridized carbons (Fsp3) is 0.176. The number of hydrogen-bond donors (Lipinski definition) is 0. The van der Waals surface area contributed by atoms with Crippen molar-refractivity contribution in [1.29, 1.82) is 0 Å². The van der Waals surface area contributed by atoms with Crippen LogP contribution in [0.25, 0.3) is 10.1 Å². The van der Waals surface area contributed by atoms with Gasteiger partial charge < -0.3 is 4.90 Å². The van der Waals surface area contributed by atoms with Crippen molar-refractivity contribution in [3.05, 3.63) is 64.8 Å². The minimum atomic E-state index is 0.0438. The van der Waals surface area contributed by atoms with Crippen LogP contribution in [-0.4, -0.2) is 22.8 Å². The number of carbonyl (C=O) groups is 1. The second-order valence-corrected chi connectivity index (χ2v) is 6.05. The van der Waals surface area contributed by atoms with Crippen LogP contribution in [0.3, 0.4) is 0 Å². The molecule has 0 saturated heterocycles. The molecule has 0 aliphatic heterocycles. The number of aryl methyl sites for hydroxylation is 1. The lowest BCUT2D eigenvalue weighted by Gasteiger charge is -2.18. The summed E-state index contributed by atoms with van der Waals surface area (Å²) in [6.45, 7) is 2.61. The summed E-state index contributed by atoms with van der Waals surface area (Å²) in [5, 5.41) is 3.05. The first-order valence-corrected chi connectivity index (χ1v) is 7.66. The van der Waals surface area contributed by atoms with E-state index >= 15 is 0 Å². The Morgan fingerprint density at radius 2 is 2.14 bits per heavy atom. The summed E-state index contributed by atoms with van der Waals surface area (Å²) in [5.41, 5.74) is 2.99. The number of aromatic nitrogens is 1. The molecule has 3 rings (SSSR count). The van der Waals surface area contributed by atoms with Gasteiger partial charge in [0.25, 0.3) is 5.91 Å². The van der Waals surface area contributed by atoms with Crippen LogP contribution < -0.4 is 0 Å². The number of rotatable bonds is 3. The van der Waals surface area contributed by atoms with Gasteiger partial charge in [-0.15, -0.1) is 11.3 Å². The third kappa shape index (κ3) is 2.67. The van der Waals surface area contributed by atoms with Gasteiger partial charge in [-0.2, -0.15) is 0 Å². The molecule has 0 aliphatic carbocycles. The number of thiophene rings is 1. The van der Waals surface area contributed by atoms with Crippen molar-refractivity contribution in [2.75, 3.05) is 7.05 Å². The van der Waals surface area contributed by atoms with E-state index in [0.717, 1.165) is 26.8 Å². The maximum atomic E-state index is 12.7. The highest BCUT2D eigenvalue weighted by molar-refractivity contribution is 7.17. The molecule has 0 fully saturated rings. The largest absolute Gasteiger partial charge is 0.337 e. The van der Waals surface area contributed by atoms with E-state index in [1.807, 2.05) is 55.9 Å². The maximum Gasteiger partial charge on any atom is 0.254 e. The Balaban J connectivity index is 1.88. The van der Waals surface area contributed by atoms with E-state index in [4.69, 9.17) is 0 Å². The lowest BCUT2D eigenvalue weighted by Crippen LogP contribution is -2.26. The lowest BCUT2D eigenvalue weighted by atomic mass is 10.1. The second-order valence-electron chi connectivity index (χ2n) is 5.10. The Morgan fingerprint density at radius 1 is 1.29 bits per heavy atom. The zero-order chi connectivity index (χ0) is 14.8. The van der Waals surface area contributed by atoms with Gasteiger partial charge in [0, 0.05) is 41.6 Å². The molecule has 0 bridgehead atoms. The first-order valence-electron chi connectivity index (χ1n) is 6.78. The van der Waals surface area contributed by atoms with E-state index in [1.165, 1.54) is 0 Å². The molecule has 0 N–H and O–H groups in total. The Bertz CT molecular complexity index is 794. The molecule has 0 radical (unpaired) electrons. The molecule has 0 unspecified atom stereocenters. The normalized spacial score (nSPS) is 10.8. The smallest absolute Gasteiger partial charge is 0.254 e. The van der Waals surface area contributed by atoms with Crippen LogP contribution in [0.15, 0.2) is 48.1 Å². The van der Waals surface area contributed by atoms with E-state index in [9.17, 15) is 4.79 Å². The topological polar surface area (TPSA) is 33.2 Å². The summed E-state index contributed by atoms with van der Waals surface area (Å²) in [6, 6.07) is 9.85. The van der Waals surface area contributed by atoms with Gasteiger partial charge in [-0.25, -0.2) is 0 Å². The van der Waals surface area contributed by atoms with Crippen molar-refractivity contribution in [2.45, 2.75) is 13.5 Å². The van der Waals surface area contributed by atoms with Crippen LogP contribution in [0.1, 0.15) is 21.5 Å². The minimum Gasteiger partial charge on any atom is -0.337 e. The van der Waals surface area contributed by atoms with Gasteiger partial charge in [0.1, 0.15) is 0 Å². The summed E-state index contributed by atoms with van der Waals surface area (Å²) in [4.78, 5) is 18.6. The molecule has 2 aromatic heterocycles. The number of nitrogens with zero attached hydrogens (tertiary/aromatic N) is 2. The van der Waals surface area contributed by atoms with Gasteiger partial charge in [-0.1, -0.05) is 6.07 Å². The van der Waals surface area contributed by atoms with Crippen molar-refractivity contribution >= 4 is 27.3 Å². The molecular formula is C17H16N2OS. The Kier molecular flexibility index (Phi) is 3.71. The average molecular weight is 296 g/mol. The zero-order valence-corrected chi connectivity index (χ0v) is 12.9. The minimum absolute atomic E-state index is 0.0438. The summed E-state index contributed by atoms with van der Waals surface area (Å²) in [7, 11) is 1.83. The molecular weight excluding hydrogens is 280 g/mol. The SMILES string of the molecule is Cc1ccncc1CN(C)C(=O)c1cccc2sccc12. The van der Waals surface area contributed by atoms with Gasteiger partial charge in [0.2, 0.25) is 0 Å². The van der Waals surface area contributed by atoms with E-state index in [0.29, 0.717) is 6.54 Å². The van der Waals surface area contributed by atoms with Gasteiger partial charge in [0.15, 0.2) is 0 Å². The first-order chi connectivity index (χ1) is 10.2. The predicted octanol–water partition coefficient (Wildman–Crippen LogP) is 3.88. The maximum absolute atomic E-state index is 12.7. The Hall–Kier alpha value is -2.20. The fourth-order valence-corrected chi connectivity index (χ4v) is 3.19. The van der Waals surface area contributed by atoms with Gasteiger partial charge in [0.05, 0.1) is 0 Å². The summed E-state index contributed by atoms with van der Waals surface area (Å²) < 4.78 is 1.15. The number of fused-ring (bicyclic) bond motifs is 1. The van der Waals surface area contributed by atoms with Crippen molar-refractivity contribution in [3.63, 3.8) is 0 Å². The highest BCUT2D eigenvalue weighted by atomic mass is 32.1. The van der Waals surface area contributed by atoms with Crippen LogP contribution in [-0.2, 0) is 6.54 Å². The van der Waals surface area contributed by atoms with Crippen molar-refractivity contribution < 1.29 is 4.79 Å². The number of hydrogen-bond acceptors (Lipinski definition) is 3. The molecule has 1 amide bonds. The molecule has 106 valence electrons. The Morgan fingerprint density at radius 3 is 2.95 bits per heavy atom. The number of amides is 1. The quantitative estimate of drug-likeness (QED) is 0.735. The highest BCUT2D eigenvalue weighted by Gasteiger charge is 2.16. The molecule has 0 saturated carbocycles. The van der Waals surface area contributed by atoms with Crippen LogP contribution in [0.4, 0.5) is 0 Å². The van der Waals surface area contributed by atoms with Crippen LogP contribution >= 0.6 is 11.3 Å². The molecule has 1 aromatic carbocycles. The van der Waals surface area contributed by atoms with Gasteiger partial charge in [-0.05, 0) is 47.7 Å². The van der Waals surface area contributed by atoms with Crippen LogP contribution in [0.5, 0.6) is 0 Å². The first kappa shape index (κ1) is 13.8. The van der Waals surface area contributed by atoms with E-state index < -0.39 is 0 Å². The molecule has 21 heavy (non-hydrogen) atoms. The third-order valence-corrected chi connectivity index (χ3v) is 4.51. The molecule has 4 heteroatoms. The van der Waals surface area contributed by atoms with Gasteiger partial charge >= 0.3 is 0 Å². The zero-order valence-electron chi connectivity index (χ0n) is 12.0. The van der Waals surface area contributed by atoms with Crippen LogP contribution in [0, 0.1) is 6.92 Å². The predicted molar refractivity (Wildman–Crippen MR) is 86.6 cm³/mol. The summed E-state index contributed by atoms with van der Waals surface area (Å²) in [5.74, 6) is 0.0438. The van der Waals surface area contributed by atoms with Crippen molar-refractivity contribution in [3.8, 4) is 0 Å². The Labute approximate surface area is 127 Å². The van der Waals surface area contributed by atoms with Crippen LogP contribution in [0.2, 0.25) is 0 Å². The molecule has 2 heterocycles. The van der Waals surface area contributed by atoms with E-state index in [1.54, 1.807) is 22.4 Å². The molecule has 3 aromatic rings. The van der Waals surface area contributed by atoms with Crippen molar-refractivity contribution in [2.24, 2.45) is 0 Å². The average Bonchev–Trinajstić information content (AvgIpc) is 2.97. The standard InChI is InChI=1S/C17H16N2OS/c1-12-6-8-18-10-13(12)11-19(2)17(20)15-4-3-5-16-14(15)7-9-21-16/h3-10H,11H2,1-2H3. The van der Waals surface area contributed by atoms with E-state index in [-0.39, 0.29) is 5.91 Å². The molecule has 0 aliphatic rings. The highest BCUT2D eigenvalue weighted by Crippen LogP contribution is 2.25. The summed E-state index contributed by atoms with van der Waals surface area (Å²) >= 11 is 1.66. The number of pyridine rings is 1. The molecule has 0 atom stereocenters. The second kappa shape index (κ2) is 5.66. The monoisotopic (exact) mass is 296 g/mol. The fourth-order valence-electron chi connectivity index (χ4n) is 2.38. The molecule has 0 spiro atoms. The number of benzene rings is 1. The van der Waals surface area contributed by atoms with E-state index in [2.05, 4.69) is 4.98 Å². The van der Waals surface area contributed by atoms with Gasteiger partial charge in [-0.3, -0.25) is 9.78 Å². The summed E-state index contributed by atoms with van der Waals surface area (Å²) in [6.07, 6.45) is 3.59. The number of carbonyl (C=O) groups excluding carboxylic acids is 1. The molecule has 3 nitrogen and oxygen atoms in total. The lowest BCUT2D eigenvalue weighted by molar-refractivity contribution is 0.0787. The van der Waals surface area contributed by atoms with Crippen molar-refractivity contribution in [1.82, 2.24) is 9.88 Å². The third-order valence-electron chi connectivity index (χ3n) is 3.63.